The van der Waals surface area contributed by atoms with E-state index in [0.29, 0.717) is 6.54 Å². The largest absolute Gasteiger partial charge is 0.354 e. The molecule has 0 bridgehead atoms. The van der Waals surface area contributed by atoms with Gasteiger partial charge in [0.05, 0.1) is 15.6 Å². The normalized spacial score (nSPS) is 12.0. The van der Waals surface area contributed by atoms with Gasteiger partial charge in [0.25, 0.3) is 10.0 Å². The Bertz CT molecular complexity index is 1400. The third-order valence-corrected chi connectivity index (χ3v) is 8.83. The van der Waals surface area contributed by atoms with E-state index in [1.165, 1.54) is 17.0 Å². The topological polar surface area (TPSA) is 86.8 Å². The van der Waals surface area contributed by atoms with Crippen LogP contribution in [0.15, 0.2) is 82.2 Å². The summed E-state index contributed by atoms with van der Waals surface area (Å²) in [5.74, 6) is -0.846. The first kappa shape index (κ1) is 30.7. The highest BCUT2D eigenvalue weighted by atomic mass is 79.9. The molecule has 2 amide bonds. The molecule has 0 saturated heterocycles. The number of nitrogens with one attached hydrogen (secondary N) is 1. The number of halogens is 2. The second kappa shape index (κ2) is 14.0. The smallest absolute Gasteiger partial charge is 0.264 e. The first-order valence-electron chi connectivity index (χ1n) is 12.7. The zero-order chi connectivity index (χ0) is 28.6. The lowest BCUT2D eigenvalue weighted by Gasteiger charge is -2.32. The summed E-state index contributed by atoms with van der Waals surface area (Å²) in [7, 11) is -4.17. The third kappa shape index (κ3) is 8.06. The lowest BCUT2D eigenvalue weighted by Crippen LogP contribution is -2.51. The van der Waals surface area contributed by atoms with E-state index in [4.69, 9.17) is 11.6 Å². The quantitative estimate of drug-likeness (QED) is 0.250. The molecule has 3 aromatic carbocycles. The predicted molar refractivity (Wildman–Crippen MR) is 159 cm³/mol. The van der Waals surface area contributed by atoms with E-state index in [1.54, 1.807) is 43.3 Å². The molecule has 0 aromatic heterocycles. The van der Waals surface area contributed by atoms with Gasteiger partial charge < -0.3 is 10.2 Å². The minimum Gasteiger partial charge on any atom is -0.354 e. The average molecular weight is 635 g/mol. The molecule has 0 aliphatic carbocycles. The molecule has 0 unspecified atom stereocenters. The van der Waals surface area contributed by atoms with Crippen molar-refractivity contribution in [1.29, 1.82) is 0 Å². The summed E-state index contributed by atoms with van der Waals surface area (Å²) in [6.45, 7) is 5.59. The van der Waals surface area contributed by atoms with Gasteiger partial charge in [-0.3, -0.25) is 13.9 Å². The number of benzene rings is 3. The van der Waals surface area contributed by atoms with Crippen molar-refractivity contribution < 1.29 is 18.0 Å². The van der Waals surface area contributed by atoms with Crippen molar-refractivity contribution in [3.63, 3.8) is 0 Å². The number of carbonyl (C=O) groups excluding carboxylic acids is 2. The van der Waals surface area contributed by atoms with Crippen LogP contribution < -0.4 is 9.62 Å². The fourth-order valence-corrected chi connectivity index (χ4v) is 6.12. The number of amides is 2. The highest BCUT2D eigenvalue weighted by Crippen LogP contribution is 2.31. The number of aryl methyl sites for hydroxylation is 1. The van der Waals surface area contributed by atoms with Gasteiger partial charge in [-0.1, -0.05) is 82.8 Å². The number of carbonyl (C=O) groups is 2. The van der Waals surface area contributed by atoms with Gasteiger partial charge in [0.15, 0.2) is 0 Å². The van der Waals surface area contributed by atoms with Crippen LogP contribution in [0, 0.1) is 6.92 Å². The Morgan fingerprint density at radius 2 is 1.72 bits per heavy atom. The van der Waals surface area contributed by atoms with Crippen molar-refractivity contribution in [3.8, 4) is 0 Å². The van der Waals surface area contributed by atoms with Crippen LogP contribution in [0.5, 0.6) is 0 Å². The molecule has 208 valence electrons. The van der Waals surface area contributed by atoms with E-state index >= 15 is 0 Å². The number of hydrogen-bond acceptors (Lipinski definition) is 4. The SMILES string of the molecule is CCCCNC(=O)[C@@H](C)N(Cc1cccc(Br)c1)C(=O)CN(c1ccccc1Cl)S(=O)(=O)c1ccc(C)cc1. The van der Waals surface area contributed by atoms with E-state index in [0.717, 1.165) is 32.7 Å². The maximum Gasteiger partial charge on any atom is 0.264 e. The fourth-order valence-electron chi connectivity index (χ4n) is 3.96. The predicted octanol–water partition coefficient (Wildman–Crippen LogP) is 5.94. The molecule has 39 heavy (non-hydrogen) atoms. The van der Waals surface area contributed by atoms with Crippen LogP contribution in [0.1, 0.15) is 37.8 Å². The molecular formula is C29H33BrClN3O4S. The van der Waals surface area contributed by atoms with Crippen LogP contribution in [0.25, 0.3) is 0 Å². The zero-order valence-corrected chi connectivity index (χ0v) is 25.4. The molecule has 1 N–H and O–H groups in total. The lowest BCUT2D eigenvalue weighted by atomic mass is 10.1. The van der Waals surface area contributed by atoms with Crippen molar-refractivity contribution >= 4 is 55.1 Å². The Morgan fingerprint density at radius 3 is 2.36 bits per heavy atom. The number of nitrogens with zero attached hydrogens (tertiary/aromatic N) is 2. The fraction of sp³-hybridized carbons (Fsp3) is 0.310. The Morgan fingerprint density at radius 1 is 1.03 bits per heavy atom. The van der Waals surface area contributed by atoms with Crippen LogP contribution in [0.4, 0.5) is 5.69 Å². The summed E-state index contributed by atoms with van der Waals surface area (Å²) >= 11 is 9.88. The van der Waals surface area contributed by atoms with Crippen molar-refractivity contribution in [3.05, 3.63) is 93.4 Å². The summed E-state index contributed by atoms with van der Waals surface area (Å²) in [5.41, 5.74) is 1.87. The molecule has 0 heterocycles. The van der Waals surface area contributed by atoms with Crippen molar-refractivity contribution in [2.75, 3.05) is 17.4 Å². The first-order chi connectivity index (χ1) is 18.5. The number of para-hydroxylation sites is 1. The molecule has 7 nitrogen and oxygen atoms in total. The van der Waals surface area contributed by atoms with E-state index in [2.05, 4.69) is 21.2 Å². The molecule has 1 atom stereocenters. The second-order valence-corrected chi connectivity index (χ2v) is 12.4. The molecule has 0 radical (unpaired) electrons. The summed E-state index contributed by atoms with van der Waals surface area (Å²) in [4.78, 5) is 28.4. The Hall–Kier alpha value is -2.88. The molecule has 0 aliphatic heterocycles. The number of rotatable bonds is 12. The minimum absolute atomic E-state index is 0.0321. The second-order valence-electron chi connectivity index (χ2n) is 9.25. The van der Waals surface area contributed by atoms with Crippen molar-refractivity contribution in [2.24, 2.45) is 0 Å². The van der Waals surface area contributed by atoms with Crippen LogP contribution in [0.3, 0.4) is 0 Å². The zero-order valence-electron chi connectivity index (χ0n) is 22.2. The van der Waals surface area contributed by atoms with E-state index in [-0.39, 0.29) is 28.1 Å². The van der Waals surface area contributed by atoms with Crippen LogP contribution in [-0.2, 0) is 26.2 Å². The lowest BCUT2D eigenvalue weighted by molar-refractivity contribution is -0.139. The maximum absolute atomic E-state index is 13.9. The summed E-state index contributed by atoms with van der Waals surface area (Å²) < 4.78 is 29.5. The standard InChI is InChI=1S/C29H33BrClN3O4S/c1-4-5-17-32-29(36)22(3)33(19-23-9-8-10-24(30)18-23)28(35)20-34(27-12-7-6-11-26(27)31)39(37,38)25-15-13-21(2)14-16-25/h6-16,18,22H,4-5,17,19-20H2,1-3H3,(H,32,36)/t22-/m1/s1. The van der Waals surface area contributed by atoms with Gasteiger partial charge in [0.1, 0.15) is 12.6 Å². The summed E-state index contributed by atoms with van der Waals surface area (Å²) in [6, 6.07) is 19.4. The van der Waals surface area contributed by atoms with E-state index in [9.17, 15) is 18.0 Å². The number of hydrogen-bond donors (Lipinski definition) is 1. The van der Waals surface area contributed by atoms with Gasteiger partial charge in [0, 0.05) is 17.6 Å². The molecule has 3 aromatic rings. The maximum atomic E-state index is 13.9. The van der Waals surface area contributed by atoms with Gasteiger partial charge in [-0.15, -0.1) is 0 Å². The molecular weight excluding hydrogens is 602 g/mol. The van der Waals surface area contributed by atoms with Gasteiger partial charge in [0.2, 0.25) is 11.8 Å². The monoisotopic (exact) mass is 633 g/mol. The van der Waals surface area contributed by atoms with Crippen LogP contribution >= 0.6 is 27.5 Å². The minimum atomic E-state index is -4.17. The Balaban J connectivity index is 2.01. The van der Waals surface area contributed by atoms with Gasteiger partial charge in [-0.05, 0) is 62.2 Å². The van der Waals surface area contributed by atoms with E-state index < -0.39 is 28.5 Å². The van der Waals surface area contributed by atoms with Crippen molar-refractivity contribution in [2.45, 2.75) is 51.1 Å². The van der Waals surface area contributed by atoms with Crippen LogP contribution in [-0.4, -0.2) is 44.3 Å². The number of unbranched alkanes of at least 4 members (excludes halogenated alkanes) is 1. The van der Waals surface area contributed by atoms with Crippen molar-refractivity contribution in [1.82, 2.24) is 10.2 Å². The molecule has 10 heteroatoms. The molecule has 0 fully saturated rings. The van der Waals surface area contributed by atoms with Gasteiger partial charge in [-0.2, -0.15) is 0 Å². The molecule has 3 rings (SSSR count). The highest BCUT2D eigenvalue weighted by molar-refractivity contribution is 9.10. The van der Waals surface area contributed by atoms with Crippen LogP contribution in [0.2, 0.25) is 5.02 Å². The molecule has 0 spiro atoms. The summed E-state index contributed by atoms with van der Waals surface area (Å²) in [6.07, 6.45) is 1.73. The Kier molecular flexibility index (Phi) is 11.0. The average Bonchev–Trinajstić information content (AvgIpc) is 2.90. The Labute approximate surface area is 244 Å². The number of sulfonamides is 1. The highest BCUT2D eigenvalue weighted by Gasteiger charge is 2.33. The molecule has 0 saturated carbocycles. The van der Waals surface area contributed by atoms with E-state index in [1.807, 2.05) is 38.1 Å². The van der Waals surface area contributed by atoms with Gasteiger partial charge >= 0.3 is 0 Å². The number of anilines is 1. The molecule has 0 aliphatic rings. The summed E-state index contributed by atoms with van der Waals surface area (Å²) in [5, 5.41) is 3.06. The van der Waals surface area contributed by atoms with Gasteiger partial charge in [-0.25, -0.2) is 8.42 Å². The first-order valence-corrected chi connectivity index (χ1v) is 15.3. The third-order valence-electron chi connectivity index (χ3n) is 6.25.